The maximum Gasteiger partial charge on any atom is 0.231 e. The summed E-state index contributed by atoms with van der Waals surface area (Å²) in [5.41, 5.74) is 2.24. The lowest BCUT2D eigenvalue weighted by Crippen LogP contribution is -2.33. The fourth-order valence-corrected chi connectivity index (χ4v) is 1.84. The van der Waals surface area contributed by atoms with Crippen LogP contribution in [0.5, 0.6) is 0 Å². The number of anilines is 1. The predicted octanol–water partition coefficient (Wildman–Crippen LogP) is 1.98. The molecule has 0 aliphatic carbocycles. The first kappa shape index (κ1) is 8.30. The van der Waals surface area contributed by atoms with E-state index in [9.17, 15) is 4.79 Å². The van der Waals surface area contributed by atoms with Crippen molar-refractivity contribution in [2.45, 2.75) is 26.3 Å². The van der Waals surface area contributed by atoms with Gasteiger partial charge in [-0.15, -0.1) is 0 Å². The lowest BCUT2D eigenvalue weighted by molar-refractivity contribution is -0.117. The van der Waals surface area contributed by atoms with Crippen molar-refractivity contribution in [3.8, 4) is 0 Å². The van der Waals surface area contributed by atoms with Gasteiger partial charge >= 0.3 is 0 Å². The van der Waals surface area contributed by atoms with Crippen LogP contribution in [0.3, 0.4) is 0 Å². The standard InChI is InChI=1S/C11H13NO/c1-8(2)12-10-6-4-3-5-9(10)7-11(12)13/h3-6,8H,7H2,1-2H3. The summed E-state index contributed by atoms with van der Waals surface area (Å²) in [7, 11) is 0. The number of hydrogen-bond donors (Lipinski definition) is 0. The molecule has 0 saturated heterocycles. The van der Waals surface area contributed by atoms with Gasteiger partial charge in [0, 0.05) is 11.7 Å². The average Bonchev–Trinajstić information content (AvgIpc) is 2.39. The Kier molecular flexibility index (Phi) is 1.83. The van der Waals surface area contributed by atoms with Crippen molar-refractivity contribution in [3.05, 3.63) is 29.8 Å². The van der Waals surface area contributed by atoms with Crippen LogP contribution in [0.15, 0.2) is 24.3 Å². The predicted molar refractivity (Wildman–Crippen MR) is 52.8 cm³/mol. The summed E-state index contributed by atoms with van der Waals surface area (Å²) in [6.07, 6.45) is 0.564. The van der Waals surface area contributed by atoms with Gasteiger partial charge in [-0.2, -0.15) is 0 Å². The van der Waals surface area contributed by atoms with Crippen LogP contribution < -0.4 is 4.90 Å². The molecule has 1 amide bonds. The van der Waals surface area contributed by atoms with Crippen molar-refractivity contribution < 1.29 is 4.79 Å². The molecule has 0 N–H and O–H groups in total. The van der Waals surface area contributed by atoms with E-state index < -0.39 is 0 Å². The second-order valence-electron chi connectivity index (χ2n) is 3.66. The van der Waals surface area contributed by atoms with E-state index in [2.05, 4.69) is 0 Å². The minimum Gasteiger partial charge on any atom is -0.309 e. The highest BCUT2D eigenvalue weighted by Gasteiger charge is 2.28. The van der Waals surface area contributed by atoms with Gasteiger partial charge < -0.3 is 4.90 Å². The van der Waals surface area contributed by atoms with Crippen LogP contribution in [0, 0.1) is 0 Å². The molecule has 0 bridgehead atoms. The van der Waals surface area contributed by atoms with Crippen molar-refractivity contribution >= 4 is 11.6 Å². The number of nitrogens with zero attached hydrogens (tertiary/aromatic N) is 1. The maximum absolute atomic E-state index is 11.6. The molecular formula is C11H13NO. The van der Waals surface area contributed by atoms with Crippen LogP contribution in [0.4, 0.5) is 5.69 Å². The van der Waals surface area contributed by atoms with Gasteiger partial charge in [-0.3, -0.25) is 4.79 Å². The van der Waals surface area contributed by atoms with Gasteiger partial charge in [0.15, 0.2) is 0 Å². The molecule has 0 radical (unpaired) electrons. The molecule has 0 atom stereocenters. The van der Waals surface area contributed by atoms with Crippen LogP contribution in [0.1, 0.15) is 19.4 Å². The smallest absolute Gasteiger partial charge is 0.231 e. The molecule has 0 fully saturated rings. The fraction of sp³-hybridized carbons (Fsp3) is 0.364. The third-order valence-electron chi connectivity index (χ3n) is 2.38. The van der Waals surface area contributed by atoms with Crippen molar-refractivity contribution in [1.29, 1.82) is 0 Å². The van der Waals surface area contributed by atoms with Crippen LogP contribution in [0.2, 0.25) is 0 Å². The van der Waals surface area contributed by atoms with E-state index in [1.54, 1.807) is 0 Å². The van der Waals surface area contributed by atoms with Crippen molar-refractivity contribution in [2.24, 2.45) is 0 Å². The zero-order valence-corrected chi connectivity index (χ0v) is 7.95. The summed E-state index contributed by atoms with van der Waals surface area (Å²) >= 11 is 0. The minimum absolute atomic E-state index is 0.219. The molecule has 2 heteroatoms. The van der Waals surface area contributed by atoms with E-state index in [1.807, 2.05) is 43.0 Å². The molecule has 1 aromatic carbocycles. The van der Waals surface area contributed by atoms with Crippen LogP contribution in [-0.4, -0.2) is 11.9 Å². The topological polar surface area (TPSA) is 20.3 Å². The van der Waals surface area contributed by atoms with Crippen LogP contribution >= 0.6 is 0 Å². The van der Waals surface area contributed by atoms with Crippen molar-refractivity contribution in [2.75, 3.05) is 4.90 Å². The first-order chi connectivity index (χ1) is 6.20. The molecule has 1 aromatic rings. The highest BCUT2D eigenvalue weighted by molar-refractivity contribution is 6.01. The molecular weight excluding hydrogens is 162 g/mol. The van der Waals surface area contributed by atoms with Crippen molar-refractivity contribution in [3.63, 3.8) is 0 Å². The average molecular weight is 175 g/mol. The van der Waals surface area contributed by atoms with E-state index in [-0.39, 0.29) is 11.9 Å². The largest absolute Gasteiger partial charge is 0.309 e. The Morgan fingerprint density at radius 1 is 1.31 bits per heavy atom. The fourth-order valence-electron chi connectivity index (χ4n) is 1.84. The summed E-state index contributed by atoms with van der Waals surface area (Å²) in [6.45, 7) is 4.08. The van der Waals surface area contributed by atoms with E-state index >= 15 is 0 Å². The molecule has 1 aliphatic heterocycles. The number of carbonyl (C=O) groups is 1. The van der Waals surface area contributed by atoms with Gasteiger partial charge in [-0.25, -0.2) is 0 Å². The molecule has 0 aromatic heterocycles. The van der Waals surface area contributed by atoms with Gasteiger partial charge in [0.25, 0.3) is 0 Å². The second kappa shape index (κ2) is 2.87. The Bertz CT molecular complexity index is 344. The zero-order chi connectivity index (χ0) is 9.42. The summed E-state index contributed by atoms with van der Waals surface area (Å²) < 4.78 is 0. The molecule has 13 heavy (non-hydrogen) atoms. The van der Waals surface area contributed by atoms with Crippen LogP contribution in [0.25, 0.3) is 0 Å². The van der Waals surface area contributed by atoms with E-state index in [4.69, 9.17) is 0 Å². The van der Waals surface area contributed by atoms with Gasteiger partial charge in [0.05, 0.1) is 6.42 Å². The zero-order valence-electron chi connectivity index (χ0n) is 7.95. The quantitative estimate of drug-likeness (QED) is 0.639. The Morgan fingerprint density at radius 3 is 2.69 bits per heavy atom. The van der Waals surface area contributed by atoms with Gasteiger partial charge in [-0.1, -0.05) is 18.2 Å². The minimum atomic E-state index is 0.219. The maximum atomic E-state index is 11.6. The second-order valence-corrected chi connectivity index (χ2v) is 3.66. The Hall–Kier alpha value is -1.31. The third-order valence-corrected chi connectivity index (χ3v) is 2.38. The van der Waals surface area contributed by atoms with E-state index in [0.29, 0.717) is 6.42 Å². The Morgan fingerprint density at radius 2 is 2.00 bits per heavy atom. The van der Waals surface area contributed by atoms with Gasteiger partial charge in [-0.05, 0) is 25.5 Å². The first-order valence-electron chi connectivity index (χ1n) is 4.60. The number of para-hydroxylation sites is 1. The number of carbonyl (C=O) groups excluding carboxylic acids is 1. The number of hydrogen-bond acceptors (Lipinski definition) is 1. The number of rotatable bonds is 1. The number of amides is 1. The highest BCUT2D eigenvalue weighted by atomic mass is 16.2. The molecule has 2 nitrogen and oxygen atoms in total. The van der Waals surface area contributed by atoms with Gasteiger partial charge in [0.2, 0.25) is 5.91 Å². The SMILES string of the molecule is CC(C)N1C(=O)Cc2ccccc21. The molecule has 1 aliphatic rings. The number of benzene rings is 1. The molecule has 68 valence electrons. The summed E-state index contributed by atoms with van der Waals surface area (Å²) in [4.78, 5) is 13.5. The van der Waals surface area contributed by atoms with Crippen molar-refractivity contribution in [1.82, 2.24) is 0 Å². The van der Waals surface area contributed by atoms with Crippen LogP contribution in [-0.2, 0) is 11.2 Å². The highest BCUT2D eigenvalue weighted by Crippen LogP contribution is 2.29. The summed E-state index contributed by atoms with van der Waals surface area (Å²) in [5.74, 6) is 0.219. The lowest BCUT2D eigenvalue weighted by atomic mass is 10.2. The van der Waals surface area contributed by atoms with Gasteiger partial charge in [0.1, 0.15) is 0 Å². The molecule has 0 saturated carbocycles. The van der Waals surface area contributed by atoms with E-state index in [1.165, 1.54) is 0 Å². The summed E-state index contributed by atoms with van der Waals surface area (Å²) in [6, 6.07) is 8.26. The lowest BCUT2D eigenvalue weighted by Gasteiger charge is -2.21. The third kappa shape index (κ3) is 1.22. The molecule has 1 heterocycles. The number of fused-ring (bicyclic) bond motifs is 1. The Labute approximate surface area is 78.2 Å². The molecule has 2 rings (SSSR count). The first-order valence-corrected chi connectivity index (χ1v) is 4.60. The Balaban J connectivity index is 2.46. The molecule has 0 spiro atoms. The monoisotopic (exact) mass is 175 g/mol. The molecule has 0 unspecified atom stereocenters. The summed E-state index contributed by atoms with van der Waals surface area (Å²) in [5, 5.41) is 0. The van der Waals surface area contributed by atoms with E-state index in [0.717, 1.165) is 11.3 Å². The normalized spacial score (nSPS) is 15.3.